The molecule has 0 radical (unpaired) electrons. The molecular weight excluding hydrogens is 202 g/mol. The number of phenols is 1. The first-order valence-electron chi connectivity index (χ1n) is 5.60. The largest absolute Gasteiger partial charge is 0.508 e. The van der Waals surface area contributed by atoms with E-state index in [1.54, 1.807) is 6.07 Å². The second kappa shape index (κ2) is 7.12. The van der Waals surface area contributed by atoms with E-state index in [4.69, 9.17) is 4.74 Å². The van der Waals surface area contributed by atoms with Crippen LogP contribution < -0.4 is 10.5 Å². The lowest BCUT2D eigenvalue weighted by Gasteiger charge is -2.14. The fraction of sp³-hybridized carbons (Fsp3) is 0.538. The lowest BCUT2D eigenvalue weighted by molar-refractivity contribution is 0.334. The molecular formula is C13H23NO2. The van der Waals surface area contributed by atoms with Crippen LogP contribution in [0.4, 0.5) is 0 Å². The number of aryl methyl sites for hydroxylation is 1. The molecule has 3 N–H and O–H groups in total. The highest BCUT2D eigenvalue weighted by Gasteiger charge is 2.10. The van der Waals surface area contributed by atoms with E-state index in [1.807, 2.05) is 19.9 Å². The molecule has 0 aliphatic carbocycles. The van der Waals surface area contributed by atoms with Gasteiger partial charge in [-0.3, -0.25) is 0 Å². The summed E-state index contributed by atoms with van der Waals surface area (Å²) in [5, 5.41) is 9.59. The smallest absolute Gasteiger partial charge is 0.123 e. The Hall–Kier alpha value is -1.22. The Morgan fingerprint density at radius 3 is 2.31 bits per heavy atom. The summed E-state index contributed by atoms with van der Waals surface area (Å²) in [7, 11) is 1.50. The third kappa shape index (κ3) is 3.74. The van der Waals surface area contributed by atoms with Crippen LogP contribution in [0, 0.1) is 6.92 Å². The van der Waals surface area contributed by atoms with Crippen molar-refractivity contribution in [2.24, 2.45) is 5.73 Å². The van der Waals surface area contributed by atoms with E-state index in [9.17, 15) is 5.11 Å². The molecule has 0 aromatic heterocycles. The molecule has 0 aliphatic heterocycles. The van der Waals surface area contributed by atoms with Gasteiger partial charge in [0.1, 0.15) is 11.5 Å². The first-order chi connectivity index (χ1) is 7.56. The van der Waals surface area contributed by atoms with Gasteiger partial charge in [-0.1, -0.05) is 13.8 Å². The van der Waals surface area contributed by atoms with Gasteiger partial charge >= 0.3 is 0 Å². The molecule has 0 saturated carbocycles. The van der Waals surface area contributed by atoms with Crippen LogP contribution in [-0.4, -0.2) is 18.8 Å². The number of hydrogen-bond donors (Lipinski definition) is 2. The predicted molar refractivity (Wildman–Crippen MR) is 68.2 cm³/mol. The lowest BCUT2D eigenvalue weighted by Crippen LogP contribution is -1.98. The summed E-state index contributed by atoms with van der Waals surface area (Å²) >= 11 is 0. The van der Waals surface area contributed by atoms with E-state index < -0.39 is 0 Å². The zero-order valence-electron chi connectivity index (χ0n) is 10.9. The van der Waals surface area contributed by atoms with Crippen LogP contribution in [0.5, 0.6) is 11.5 Å². The maximum Gasteiger partial charge on any atom is 0.123 e. The number of benzene rings is 1. The van der Waals surface area contributed by atoms with Crippen LogP contribution in [0.3, 0.4) is 0 Å². The summed E-state index contributed by atoms with van der Waals surface area (Å²) < 4.78 is 5.52. The predicted octanol–water partition coefficient (Wildman–Crippen LogP) is 2.80. The molecule has 16 heavy (non-hydrogen) atoms. The molecule has 0 fully saturated rings. The number of aromatic hydroxyl groups is 1. The molecule has 92 valence electrons. The minimum Gasteiger partial charge on any atom is -0.508 e. The Balaban J connectivity index is 0.00000106. The molecule has 3 heteroatoms. The highest BCUT2D eigenvalue weighted by Crippen LogP contribution is 2.32. The summed E-state index contributed by atoms with van der Waals surface area (Å²) in [5.74, 6) is 1.60. The SMILES string of the molecule is CCOc1cc(C)c(O)cc1C(C)C.CN. The molecule has 0 saturated heterocycles. The summed E-state index contributed by atoms with van der Waals surface area (Å²) in [5.41, 5.74) is 6.42. The second-order valence-electron chi connectivity index (χ2n) is 3.76. The quantitative estimate of drug-likeness (QED) is 0.831. The van der Waals surface area contributed by atoms with Crippen molar-refractivity contribution in [2.75, 3.05) is 13.7 Å². The first kappa shape index (κ1) is 14.8. The maximum absolute atomic E-state index is 9.59. The topological polar surface area (TPSA) is 55.5 Å². The van der Waals surface area contributed by atoms with E-state index in [-0.39, 0.29) is 0 Å². The monoisotopic (exact) mass is 225 g/mol. The van der Waals surface area contributed by atoms with E-state index in [2.05, 4.69) is 19.6 Å². The highest BCUT2D eigenvalue weighted by molar-refractivity contribution is 5.46. The first-order valence-corrected chi connectivity index (χ1v) is 5.60. The van der Waals surface area contributed by atoms with E-state index in [1.165, 1.54) is 7.05 Å². The van der Waals surface area contributed by atoms with Crippen molar-refractivity contribution in [3.63, 3.8) is 0 Å². The van der Waals surface area contributed by atoms with Crippen molar-refractivity contribution in [3.05, 3.63) is 23.3 Å². The van der Waals surface area contributed by atoms with Gasteiger partial charge in [0.15, 0.2) is 0 Å². The summed E-state index contributed by atoms with van der Waals surface area (Å²) in [4.78, 5) is 0. The Labute approximate surface area is 98.2 Å². The zero-order chi connectivity index (χ0) is 12.7. The second-order valence-corrected chi connectivity index (χ2v) is 3.76. The van der Waals surface area contributed by atoms with Gasteiger partial charge in [-0.05, 0) is 44.5 Å². The van der Waals surface area contributed by atoms with Gasteiger partial charge in [-0.25, -0.2) is 0 Å². The molecule has 0 spiro atoms. The van der Waals surface area contributed by atoms with Gasteiger partial charge < -0.3 is 15.6 Å². The van der Waals surface area contributed by atoms with Crippen molar-refractivity contribution in [1.82, 2.24) is 0 Å². The Morgan fingerprint density at radius 2 is 1.88 bits per heavy atom. The average Bonchev–Trinajstić information content (AvgIpc) is 2.26. The van der Waals surface area contributed by atoms with E-state index in [0.29, 0.717) is 18.3 Å². The zero-order valence-corrected chi connectivity index (χ0v) is 10.9. The molecule has 1 aromatic rings. The molecule has 0 amide bonds. The number of nitrogens with two attached hydrogens (primary N) is 1. The van der Waals surface area contributed by atoms with Crippen molar-refractivity contribution < 1.29 is 9.84 Å². The number of ether oxygens (including phenoxy) is 1. The molecule has 1 aromatic carbocycles. The number of hydrogen-bond acceptors (Lipinski definition) is 3. The van der Waals surface area contributed by atoms with Gasteiger partial charge in [-0.2, -0.15) is 0 Å². The van der Waals surface area contributed by atoms with E-state index in [0.717, 1.165) is 16.9 Å². The average molecular weight is 225 g/mol. The van der Waals surface area contributed by atoms with Crippen LogP contribution >= 0.6 is 0 Å². The summed E-state index contributed by atoms with van der Waals surface area (Å²) in [6.45, 7) is 8.68. The minimum atomic E-state index is 0.345. The fourth-order valence-corrected chi connectivity index (χ4v) is 1.42. The van der Waals surface area contributed by atoms with E-state index >= 15 is 0 Å². The standard InChI is InChI=1S/C12H18O2.CH5N/c1-5-14-12-6-9(4)11(13)7-10(12)8(2)3;1-2/h6-8,13H,5H2,1-4H3;2H2,1H3. The summed E-state index contributed by atoms with van der Waals surface area (Å²) in [6.07, 6.45) is 0. The molecule has 0 bridgehead atoms. The van der Waals surface area contributed by atoms with Crippen molar-refractivity contribution in [2.45, 2.75) is 33.6 Å². The Kier molecular flexibility index (Phi) is 6.58. The molecule has 0 aliphatic rings. The van der Waals surface area contributed by atoms with Gasteiger partial charge in [0.05, 0.1) is 6.61 Å². The maximum atomic E-state index is 9.59. The van der Waals surface area contributed by atoms with Crippen molar-refractivity contribution in [3.8, 4) is 11.5 Å². The van der Waals surface area contributed by atoms with Crippen LogP contribution in [0.15, 0.2) is 12.1 Å². The van der Waals surface area contributed by atoms with Gasteiger partial charge in [0, 0.05) is 5.56 Å². The lowest BCUT2D eigenvalue weighted by atomic mass is 10.00. The summed E-state index contributed by atoms with van der Waals surface area (Å²) in [6, 6.07) is 3.69. The molecule has 0 unspecified atom stereocenters. The third-order valence-electron chi connectivity index (χ3n) is 2.25. The van der Waals surface area contributed by atoms with Crippen LogP contribution in [0.25, 0.3) is 0 Å². The van der Waals surface area contributed by atoms with Crippen LogP contribution in [0.2, 0.25) is 0 Å². The third-order valence-corrected chi connectivity index (χ3v) is 2.25. The van der Waals surface area contributed by atoms with Crippen LogP contribution in [0.1, 0.15) is 37.8 Å². The van der Waals surface area contributed by atoms with Gasteiger partial charge in [0.2, 0.25) is 0 Å². The van der Waals surface area contributed by atoms with Gasteiger partial charge in [-0.15, -0.1) is 0 Å². The normalized spacial score (nSPS) is 9.69. The fourth-order valence-electron chi connectivity index (χ4n) is 1.42. The number of rotatable bonds is 3. The van der Waals surface area contributed by atoms with Crippen molar-refractivity contribution in [1.29, 1.82) is 0 Å². The highest BCUT2D eigenvalue weighted by atomic mass is 16.5. The Morgan fingerprint density at radius 1 is 1.31 bits per heavy atom. The molecule has 0 atom stereocenters. The Bertz CT molecular complexity index is 322. The van der Waals surface area contributed by atoms with Crippen molar-refractivity contribution >= 4 is 0 Å². The molecule has 3 nitrogen and oxygen atoms in total. The molecule has 0 heterocycles. The molecule has 1 rings (SSSR count). The minimum absolute atomic E-state index is 0.345. The number of phenolic OH excluding ortho intramolecular Hbond substituents is 1. The van der Waals surface area contributed by atoms with Crippen LogP contribution in [-0.2, 0) is 0 Å². The van der Waals surface area contributed by atoms with Gasteiger partial charge in [0.25, 0.3) is 0 Å².